The van der Waals surface area contributed by atoms with Crippen LogP contribution in [0.25, 0.3) is 0 Å². The van der Waals surface area contributed by atoms with Gasteiger partial charge in [-0.2, -0.15) is 0 Å². The molecule has 0 amide bonds. The van der Waals surface area contributed by atoms with Crippen LogP contribution in [-0.4, -0.2) is 5.11 Å². The molecule has 1 aromatic carbocycles. The van der Waals surface area contributed by atoms with Gasteiger partial charge >= 0.3 is 0 Å². The summed E-state index contributed by atoms with van der Waals surface area (Å²) in [5, 5.41) is 10.8. The number of rotatable bonds is 2. The number of hydrogen-bond donors (Lipinski definition) is 1. The van der Waals surface area contributed by atoms with Gasteiger partial charge in [0.1, 0.15) is 0 Å². The maximum Gasteiger partial charge on any atom is 0.0902 e. The van der Waals surface area contributed by atoms with E-state index < -0.39 is 5.60 Å². The topological polar surface area (TPSA) is 20.2 Å². The summed E-state index contributed by atoms with van der Waals surface area (Å²) >= 11 is 0. The predicted molar refractivity (Wildman–Crippen MR) is 64.9 cm³/mol. The van der Waals surface area contributed by atoms with Crippen molar-refractivity contribution in [1.29, 1.82) is 0 Å². The lowest BCUT2D eigenvalue weighted by molar-refractivity contribution is -0.0170. The van der Waals surface area contributed by atoms with Gasteiger partial charge in [0.05, 0.1) is 5.60 Å². The molecule has 0 aliphatic heterocycles. The molecule has 0 radical (unpaired) electrons. The average Bonchev–Trinajstić information content (AvgIpc) is 2.92. The average molecular weight is 214 g/mol. The first-order valence-electron chi connectivity index (χ1n) is 6.14. The van der Waals surface area contributed by atoms with E-state index in [4.69, 9.17) is 0 Å². The second-order valence-electron chi connectivity index (χ2n) is 5.40. The van der Waals surface area contributed by atoms with Crippen LogP contribution in [0.4, 0.5) is 0 Å². The Bertz CT molecular complexity index is 405. The SMILES string of the molecule is C[C@@](O)(c1ccccc1)[C@@H]1C[C@H]2C=C[C@H]1C2. The summed E-state index contributed by atoms with van der Waals surface area (Å²) in [5.74, 6) is 1.69. The van der Waals surface area contributed by atoms with Gasteiger partial charge in [-0.15, -0.1) is 0 Å². The molecule has 84 valence electrons. The lowest BCUT2D eigenvalue weighted by Crippen LogP contribution is -2.34. The second kappa shape index (κ2) is 3.46. The van der Waals surface area contributed by atoms with E-state index in [0.717, 1.165) is 12.0 Å². The quantitative estimate of drug-likeness (QED) is 0.750. The summed E-state index contributed by atoms with van der Waals surface area (Å²) in [5.41, 5.74) is 0.381. The van der Waals surface area contributed by atoms with Crippen LogP contribution in [0.3, 0.4) is 0 Å². The lowest BCUT2D eigenvalue weighted by Gasteiger charge is -2.34. The third-order valence-electron chi connectivity index (χ3n) is 4.36. The first-order valence-corrected chi connectivity index (χ1v) is 6.14. The molecule has 2 aliphatic carbocycles. The van der Waals surface area contributed by atoms with Gasteiger partial charge in [-0.05, 0) is 43.1 Å². The van der Waals surface area contributed by atoms with Crippen molar-refractivity contribution < 1.29 is 5.11 Å². The number of allylic oxidation sites excluding steroid dienone is 2. The molecular weight excluding hydrogens is 196 g/mol. The molecule has 1 N–H and O–H groups in total. The monoisotopic (exact) mass is 214 g/mol. The lowest BCUT2D eigenvalue weighted by atomic mass is 9.76. The summed E-state index contributed by atoms with van der Waals surface area (Å²) in [6.45, 7) is 1.97. The van der Waals surface area contributed by atoms with Gasteiger partial charge in [0.15, 0.2) is 0 Å². The number of hydrogen-bond acceptors (Lipinski definition) is 1. The molecule has 3 rings (SSSR count). The highest BCUT2D eigenvalue weighted by atomic mass is 16.3. The highest BCUT2D eigenvalue weighted by molar-refractivity contribution is 5.25. The van der Waals surface area contributed by atoms with Gasteiger partial charge in [-0.3, -0.25) is 0 Å². The van der Waals surface area contributed by atoms with Gasteiger partial charge < -0.3 is 5.11 Å². The van der Waals surface area contributed by atoms with Crippen molar-refractivity contribution in [3.8, 4) is 0 Å². The van der Waals surface area contributed by atoms with Gasteiger partial charge in [-0.25, -0.2) is 0 Å². The highest BCUT2D eigenvalue weighted by Crippen LogP contribution is 2.50. The Kier molecular flexibility index (Phi) is 2.18. The Hall–Kier alpha value is -1.08. The molecule has 0 heterocycles. The molecule has 1 nitrogen and oxygen atoms in total. The van der Waals surface area contributed by atoms with E-state index in [0.29, 0.717) is 17.8 Å². The molecule has 16 heavy (non-hydrogen) atoms. The molecule has 2 bridgehead atoms. The van der Waals surface area contributed by atoms with Crippen molar-refractivity contribution in [2.24, 2.45) is 17.8 Å². The van der Waals surface area contributed by atoms with Gasteiger partial charge in [0.2, 0.25) is 0 Å². The summed E-state index contributed by atoms with van der Waals surface area (Å²) in [6.07, 6.45) is 7.01. The Balaban J connectivity index is 1.91. The molecular formula is C15H18O. The Morgan fingerprint density at radius 3 is 2.44 bits per heavy atom. The fourth-order valence-corrected chi connectivity index (χ4v) is 3.42. The van der Waals surface area contributed by atoms with Crippen molar-refractivity contribution in [2.75, 3.05) is 0 Å². The van der Waals surface area contributed by atoms with Crippen LogP contribution >= 0.6 is 0 Å². The third-order valence-corrected chi connectivity index (χ3v) is 4.36. The minimum absolute atomic E-state index is 0.393. The largest absolute Gasteiger partial charge is 0.385 e. The standard InChI is InChI=1S/C15H18O/c1-15(16,13-5-3-2-4-6-13)14-10-11-7-8-12(14)9-11/h2-8,11-12,14,16H,9-10H2,1H3/t11-,12-,14+,15+/m0/s1. The van der Waals surface area contributed by atoms with E-state index in [9.17, 15) is 5.11 Å². The van der Waals surface area contributed by atoms with E-state index in [1.54, 1.807) is 0 Å². The maximum atomic E-state index is 10.8. The van der Waals surface area contributed by atoms with Crippen molar-refractivity contribution in [1.82, 2.24) is 0 Å². The normalized spacial score (nSPS) is 35.2. The summed E-state index contributed by atoms with van der Waals surface area (Å²) in [6, 6.07) is 10.1. The fourth-order valence-electron chi connectivity index (χ4n) is 3.42. The number of aliphatic hydroxyl groups is 1. The van der Waals surface area contributed by atoms with Crippen LogP contribution < -0.4 is 0 Å². The number of benzene rings is 1. The first-order chi connectivity index (χ1) is 7.68. The van der Waals surface area contributed by atoms with Gasteiger partial charge in [0.25, 0.3) is 0 Å². The third kappa shape index (κ3) is 1.42. The maximum absolute atomic E-state index is 10.8. The molecule has 0 saturated heterocycles. The molecule has 0 spiro atoms. The molecule has 0 unspecified atom stereocenters. The van der Waals surface area contributed by atoms with Crippen LogP contribution in [0, 0.1) is 17.8 Å². The predicted octanol–water partition coefficient (Wildman–Crippen LogP) is 3.11. The summed E-state index contributed by atoms with van der Waals surface area (Å²) in [4.78, 5) is 0. The Morgan fingerprint density at radius 1 is 1.12 bits per heavy atom. The molecule has 0 aromatic heterocycles. The Morgan fingerprint density at radius 2 is 1.88 bits per heavy atom. The second-order valence-corrected chi connectivity index (χ2v) is 5.40. The van der Waals surface area contributed by atoms with E-state index in [1.165, 1.54) is 6.42 Å². The van der Waals surface area contributed by atoms with Crippen molar-refractivity contribution in [2.45, 2.75) is 25.4 Å². The number of fused-ring (bicyclic) bond motifs is 2. The highest BCUT2D eigenvalue weighted by Gasteiger charge is 2.45. The van der Waals surface area contributed by atoms with E-state index in [-0.39, 0.29) is 0 Å². The summed E-state index contributed by atoms with van der Waals surface area (Å²) < 4.78 is 0. The van der Waals surface area contributed by atoms with E-state index in [1.807, 2.05) is 37.3 Å². The van der Waals surface area contributed by atoms with Crippen LogP contribution in [0.1, 0.15) is 25.3 Å². The minimum Gasteiger partial charge on any atom is -0.385 e. The van der Waals surface area contributed by atoms with Crippen molar-refractivity contribution in [3.05, 3.63) is 48.0 Å². The molecule has 1 saturated carbocycles. The zero-order valence-electron chi connectivity index (χ0n) is 9.63. The van der Waals surface area contributed by atoms with Crippen LogP contribution in [-0.2, 0) is 5.60 Å². The molecule has 4 atom stereocenters. The Labute approximate surface area is 96.8 Å². The van der Waals surface area contributed by atoms with Crippen LogP contribution in [0.15, 0.2) is 42.5 Å². The van der Waals surface area contributed by atoms with Crippen molar-refractivity contribution in [3.63, 3.8) is 0 Å². The zero-order valence-corrected chi connectivity index (χ0v) is 9.63. The van der Waals surface area contributed by atoms with Crippen molar-refractivity contribution >= 4 is 0 Å². The van der Waals surface area contributed by atoms with Gasteiger partial charge in [0, 0.05) is 0 Å². The molecule has 1 fully saturated rings. The smallest absolute Gasteiger partial charge is 0.0902 e. The van der Waals surface area contributed by atoms with E-state index in [2.05, 4.69) is 12.2 Å². The van der Waals surface area contributed by atoms with Crippen LogP contribution in [0.2, 0.25) is 0 Å². The molecule has 1 aromatic rings. The minimum atomic E-state index is -0.675. The first kappa shape index (κ1) is 10.1. The van der Waals surface area contributed by atoms with Gasteiger partial charge in [-0.1, -0.05) is 42.5 Å². The molecule has 1 heteroatoms. The molecule has 2 aliphatic rings. The zero-order chi connectivity index (χ0) is 11.2. The summed E-state index contributed by atoms with van der Waals surface area (Å²) in [7, 11) is 0. The van der Waals surface area contributed by atoms with Crippen LogP contribution in [0.5, 0.6) is 0 Å². The van der Waals surface area contributed by atoms with E-state index >= 15 is 0 Å². The fraction of sp³-hybridized carbons (Fsp3) is 0.467.